The molecule has 2 rings (SSSR count). The summed E-state index contributed by atoms with van der Waals surface area (Å²) in [5, 5.41) is 3.27. The van der Waals surface area contributed by atoms with Crippen LogP contribution in [0, 0.1) is 13.8 Å². The molecule has 5 heteroatoms. The molecule has 0 aliphatic carbocycles. The summed E-state index contributed by atoms with van der Waals surface area (Å²) < 4.78 is 10.0. The van der Waals surface area contributed by atoms with E-state index in [4.69, 9.17) is 10.5 Å². The van der Waals surface area contributed by atoms with E-state index in [1.807, 2.05) is 27.7 Å². The molecule has 0 radical (unpaired) electrons. The van der Waals surface area contributed by atoms with E-state index in [2.05, 4.69) is 42.1 Å². The van der Waals surface area contributed by atoms with Crippen LogP contribution in [-0.4, -0.2) is 24.5 Å². The van der Waals surface area contributed by atoms with Crippen molar-refractivity contribution in [1.82, 2.24) is 5.32 Å². The third-order valence-corrected chi connectivity index (χ3v) is 3.43. The second kappa shape index (κ2) is 7.22. The highest BCUT2D eigenvalue weighted by molar-refractivity contribution is 5.38. The Kier molecular flexibility index (Phi) is 6.11. The third kappa shape index (κ3) is 5.75. The largest absolute Gasteiger partial charge is 0.462 e. The zero-order valence-electron chi connectivity index (χ0n) is 14.4. The van der Waals surface area contributed by atoms with Gasteiger partial charge in [0.25, 0.3) is 6.47 Å². The van der Waals surface area contributed by atoms with Gasteiger partial charge in [-0.25, -0.2) is 0 Å². The molecule has 1 aliphatic heterocycles. The number of ether oxygens (including phenoxy) is 2. The van der Waals surface area contributed by atoms with Crippen molar-refractivity contribution in [2.75, 3.05) is 6.61 Å². The predicted octanol–water partition coefficient (Wildman–Crippen LogP) is 2.55. The number of carbonyl (C=O) groups is 1. The average Bonchev–Trinajstić information content (AvgIpc) is 2.72. The summed E-state index contributed by atoms with van der Waals surface area (Å²) in [5.41, 5.74) is 9.45. The molecule has 1 aromatic carbocycles. The molecule has 0 bridgehead atoms. The number of hydrogen-bond donors (Lipinski definition) is 2. The van der Waals surface area contributed by atoms with Gasteiger partial charge in [0.05, 0.1) is 12.6 Å². The summed E-state index contributed by atoms with van der Waals surface area (Å²) >= 11 is 0. The van der Waals surface area contributed by atoms with Crippen molar-refractivity contribution in [3.05, 3.63) is 34.9 Å². The molecule has 3 N–H and O–H groups in total. The molecule has 1 heterocycles. The van der Waals surface area contributed by atoms with Crippen LogP contribution >= 0.6 is 0 Å². The molecule has 5 nitrogen and oxygen atoms in total. The fraction of sp³-hybridized carbons (Fsp3) is 0.588. The first-order chi connectivity index (χ1) is 10.1. The smallest absolute Gasteiger partial charge is 0.293 e. The van der Waals surface area contributed by atoms with Gasteiger partial charge in [-0.15, -0.1) is 0 Å². The first-order valence-electron chi connectivity index (χ1n) is 7.44. The van der Waals surface area contributed by atoms with E-state index in [1.54, 1.807) is 0 Å². The van der Waals surface area contributed by atoms with Crippen molar-refractivity contribution in [3.8, 4) is 0 Å². The second-order valence-electron chi connectivity index (χ2n) is 6.73. The Hall–Kier alpha value is -1.43. The number of nitrogens with one attached hydrogen (secondary N) is 1. The lowest BCUT2D eigenvalue weighted by atomic mass is 9.98. The van der Waals surface area contributed by atoms with Crippen molar-refractivity contribution in [3.63, 3.8) is 0 Å². The van der Waals surface area contributed by atoms with E-state index in [9.17, 15) is 4.79 Å². The highest BCUT2D eigenvalue weighted by Gasteiger charge is 2.32. The molecule has 2 unspecified atom stereocenters. The predicted molar refractivity (Wildman–Crippen MR) is 87.2 cm³/mol. The topological polar surface area (TPSA) is 73.6 Å². The van der Waals surface area contributed by atoms with Crippen LogP contribution in [0.5, 0.6) is 0 Å². The molecule has 1 aliphatic rings. The van der Waals surface area contributed by atoms with Gasteiger partial charge in [-0.05, 0) is 58.2 Å². The average molecular weight is 308 g/mol. The van der Waals surface area contributed by atoms with Crippen LogP contribution in [0.4, 0.5) is 0 Å². The maximum atomic E-state index is 9.60. The number of nitrogens with two attached hydrogens (primary N) is 1. The van der Waals surface area contributed by atoms with Gasteiger partial charge in [-0.3, -0.25) is 15.8 Å². The number of benzene rings is 1. The van der Waals surface area contributed by atoms with Gasteiger partial charge in [-0.2, -0.15) is 0 Å². The van der Waals surface area contributed by atoms with E-state index in [1.165, 1.54) is 16.7 Å². The summed E-state index contributed by atoms with van der Waals surface area (Å²) in [6.45, 7) is 12.7. The van der Waals surface area contributed by atoms with Crippen LogP contribution in [-0.2, 0) is 14.3 Å². The Morgan fingerprint density at radius 2 is 2.05 bits per heavy atom. The van der Waals surface area contributed by atoms with E-state index >= 15 is 0 Å². The third-order valence-electron chi connectivity index (χ3n) is 3.43. The van der Waals surface area contributed by atoms with Crippen molar-refractivity contribution in [1.29, 1.82) is 0 Å². The lowest BCUT2D eigenvalue weighted by Crippen LogP contribution is -2.47. The summed E-state index contributed by atoms with van der Waals surface area (Å²) in [7, 11) is 0. The van der Waals surface area contributed by atoms with E-state index in [0.717, 1.165) is 0 Å². The minimum atomic E-state index is -0.694. The van der Waals surface area contributed by atoms with Gasteiger partial charge < -0.3 is 9.47 Å². The lowest BCUT2D eigenvalue weighted by molar-refractivity contribution is -0.138. The van der Waals surface area contributed by atoms with Gasteiger partial charge in [0.1, 0.15) is 5.60 Å². The normalized spacial score (nSPS) is 24.4. The van der Waals surface area contributed by atoms with Crippen LogP contribution < -0.4 is 11.1 Å². The zero-order chi connectivity index (χ0) is 17.0. The highest BCUT2D eigenvalue weighted by atomic mass is 16.5. The molecule has 1 fully saturated rings. The van der Waals surface area contributed by atoms with Gasteiger partial charge in [0.15, 0.2) is 5.85 Å². The molecule has 124 valence electrons. The Balaban J connectivity index is 0.000000295. The molecule has 2 atom stereocenters. The van der Waals surface area contributed by atoms with Gasteiger partial charge >= 0.3 is 0 Å². The van der Waals surface area contributed by atoms with E-state index < -0.39 is 5.85 Å². The Morgan fingerprint density at radius 1 is 1.41 bits per heavy atom. The Labute approximate surface area is 133 Å². The Bertz CT molecular complexity index is 507. The van der Waals surface area contributed by atoms with Crippen LogP contribution in [0.25, 0.3) is 0 Å². The number of hydrogen-bond acceptors (Lipinski definition) is 5. The molecule has 0 spiro atoms. The SMILES string of the molecule is CC(C)(C)OC=O.Cc1cccc(C2COC(C)(N)N2)c1C. The van der Waals surface area contributed by atoms with Crippen LogP contribution in [0.2, 0.25) is 0 Å². The van der Waals surface area contributed by atoms with Gasteiger partial charge in [0.2, 0.25) is 0 Å². The van der Waals surface area contributed by atoms with E-state index in [0.29, 0.717) is 13.1 Å². The molecular weight excluding hydrogens is 280 g/mol. The quantitative estimate of drug-likeness (QED) is 0.821. The number of rotatable bonds is 2. The molecule has 0 aromatic heterocycles. The first kappa shape index (κ1) is 18.6. The lowest BCUT2D eigenvalue weighted by Gasteiger charge is -2.19. The minimum absolute atomic E-state index is 0.208. The maximum absolute atomic E-state index is 9.60. The van der Waals surface area contributed by atoms with Crippen molar-refractivity contribution in [2.45, 2.75) is 59.0 Å². The van der Waals surface area contributed by atoms with Crippen molar-refractivity contribution in [2.24, 2.45) is 5.73 Å². The summed E-state index contributed by atoms with van der Waals surface area (Å²) in [4.78, 5) is 9.60. The molecule has 22 heavy (non-hydrogen) atoms. The van der Waals surface area contributed by atoms with Crippen molar-refractivity contribution < 1.29 is 14.3 Å². The minimum Gasteiger partial charge on any atom is -0.462 e. The highest BCUT2D eigenvalue weighted by Crippen LogP contribution is 2.26. The summed E-state index contributed by atoms with van der Waals surface area (Å²) in [6.07, 6.45) is 0. The molecule has 1 aromatic rings. The first-order valence-corrected chi connectivity index (χ1v) is 7.44. The fourth-order valence-electron chi connectivity index (χ4n) is 2.15. The van der Waals surface area contributed by atoms with Crippen molar-refractivity contribution >= 4 is 6.47 Å². The maximum Gasteiger partial charge on any atom is 0.293 e. The molecule has 0 saturated carbocycles. The van der Waals surface area contributed by atoms with Gasteiger partial charge in [0, 0.05) is 0 Å². The molecule has 0 amide bonds. The molecule has 1 saturated heterocycles. The summed E-state index contributed by atoms with van der Waals surface area (Å²) in [6, 6.07) is 6.53. The number of aryl methyl sites for hydroxylation is 1. The van der Waals surface area contributed by atoms with Gasteiger partial charge in [-0.1, -0.05) is 18.2 Å². The molecular formula is C17H28N2O3. The van der Waals surface area contributed by atoms with Crippen LogP contribution in [0.15, 0.2) is 18.2 Å². The Morgan fingerprint density at radius 3 is 2.45 bits per heavy atom. The van der Waals surface area contributed by atoms with Crippen LogP contribution in [0.1, 0.15) is 50.4 Å². The van der Waals surface area contributed by atoms with E-state index in [-0.39, 0.29) is 11.6 Å². The summed E-state index contributed by atoms with van der Waals surface area (Å²) in [5.74, 6) is -0.694. The fourth-order valence-corrected chi connectivity index (χ4v) is 2.15. The zero-order valence-corrected chi connectivity index (χ0v) is 14.4. The second-order valence-corrected chi connectivity index (χ2v) is 6.73. The standard InChI is InChI=1S/C12H18N2O.C5H10O2/c1-8-5-4-6-10(9(8)2)11-7-15-12(3,13)14-11;1-5(2,3)7-4-6/h4-6,11,14H,7,13H2,1-3H3;4H,1-3H3. The monoisotopic (exact) mass is 308 g/mol. The van der Waals surface area contributed by atoms with Crippen LogP contribution in [0.3, 0.4) is 0 Å². The number of carbonyl (C=O) groups excluding carboxylic acids is 1.